The number of fused-ring (bicyclic) bond motifs is 1. The number of para-hydroxylation sites is 1. The lowest BCUT2D eigenvalue weighted by Gasteiger charge is -2.11. The Kier molecular flexibility index (Phi) is 7.68. The normalized spacial score (nSPS) is 11.1. The minimum absolute atomic E-state index is 0.441. The topological polar surface area (TPSA) is 40.6 Å². The molecule has 0 aliphatic rings. The summed E-state index contributed by atoms with van der Waals surface area (Å²) >= 11 is 5.99. The number of rotatable bonds is 9. The summed E-state index contributed by atoms with van der Waals surface area (Å²) in [4.78, 5) is 4.85. The highest BCUT2D eigenvalue weighted by Gasteiger charge is 2.07. The van der Waals surface area contributed by atoms with Gasteiger partial charge in [-0.25, -0.2) is 4.98 Å². The number of hydrogen-bond acceptors (Lipinski definition) is 4. The fourth-order valence-corrected chi connectivity index (χ4v) is 4.04. The average Bonchev–Trinajstić information content (AvgIpc) is 2.95. The van der Waals surface area contributed by atoms with E-state index in [1.807, 2.05) is 109 Å². The summed E-state index contributed by atoms with van der Waals surface area (Å²) in [7, 11) is 1.65. The van der Waals surface area contributed by atoms with Gasteiger partial charge in [0.15, 0.2) is 11.5 Å². The maximum Gasteiger partial charge on any atom is 0.161 e. The fraction of sp³-hybridized carbons (Fsp3) is 0.0938. The van der Waals surface area contributed by atoms with Gasteiger partial charge < -0.3 is 14.2 Å². The van der Waals surface area contributed by atoms with Gasteiger partial charge in [0.1, 0.15) is 24.5 Å². The monoisotopic (exact) mass is 507 g/mol. The fourth-order valence-electron chi connectivity index (χ4n) is 3.91. The SMILES string of the molecule is COc1cc(C=Cc2ccc3cccc(OCc4ccc(Cl)cc4)c3n2)ccc1OCc1ccccc1. The van der Waals surface area contributed by atoms with Crippen LogP contribution >= 0.6 is 11.6 Å². The van der Waals surface area contributed by atoms with Gasteiger partial charge >= 0.3 is 0 Å². The Morgan fingerprint density at radius 1 is 0.676 bits per heavy atom. The van der Waals surface area contributed by atoms with Crippen molar-refractivity contribution in [2.45, 2.75) is 13.2 Å². The molecule has 0 aliphatic heterocycles. The van der Waals surface area contributed by atoms with Gasteiger partial charge in [0.25, 0.3) is 0 Å². The van der Waals surface area contributed by atoms with Crippen molar-refractivity contribution in [3.63, 3.8) is 0 Å². The predicted octanol–water partition coefficient (Wildman–Crippen LogP) is 8.23. The van der Waals surface area contributed by atoms with Crippen LogP contribution in [0.25, 0.3) is 23.1 Å². The maximum atomic E-state index is 6.10. The first-order chi connectivity index (χ1) is 18.2. The first-order valence-corrected chi connectivity index (χ1v) is 12.4. The van der Waals surface area contributed by atoms with Crippen molar-refractivity contribution in [2.24, 2.45) is 0 Å². The van der Waals surface area contributed by atoms with E-state index in [-0.39, 0.29) is 0 Å². The van der Waals surface area contributed by atoms with Gasteiger partial charge in [-0.15, -0.1) is 0 Å². The quantitative estimate of drug-likeness (QED) is 0.201. The first kappa shape index (κ1) is 24.4. The van der Waals surface area contributed by atoms with Crippen LogP contribution in [-0.4, -0.2) is 12.1 Å². The van der Waals surface area contributed by atoms with Gasteiger partial charge in [-0.05, 0) is 59.2 Å². The molecule has 5 rings (SSSR count). The molecular weight excluding hydrogens is 482 g/mol. The molecule has 1 aromatic heterocycles. The molecule has 37 heavy (non-hydrogen) atoms. The zero-order valence-corrected chi connectivity index (χ0v) is 21.2. The van der Waals surface area contributed by atoms with Gasteiger partial charge in [0, 0.05) is 10.4 Å². The molecule has 5 heteroatoms. The molecule has 0 aliphatic carbocycles. The Morgan fingerprint density at radius 2 is 1.43 bits per heavy atom. The van der Waals surface area contributed by atoms with Gasteiger partial charge in [-0.3, -0.25) is 0 Å². The predicted molar refractivity (Wildman–Crippen MR) is 150 cm³/mol. The van der Waals surface area contributed by atoms with E-state index in [0.29, 0.717) is 29.7 Å². The Morgan fingerprint density at radius 3 is 2.22 bits per heavy atom. The van der Waals surface area contributed by atoms with E-state index < -0.39 is 0 Å². The summed E-state index contributed by atoms with van der Waals surface area (Å²) in [5.74, 6) is 2.13. The second-order valence-corrected chi connectivity index (χ2v) is 8.93. The molecule has 0 saturated heterocycles. The molecule has 0 saturated carbocycles. The van der Waals surface area contributed by atoms with Crippen LogP contribution in [0, 0.1) is 0 Å². The third-order valence-electron chi connectivity index (χ3n) is 5.88. The number of benzene rings is 4. The summed E-state index contributed by atoms with van der Waals surface area (Å²) in [6.45, 7) is 0.923. The lowest BCUT2D eigenvalue weighted by Crippen LogP contribution is -1.97. The summed E-state index contributed by atoms with van der Waals surface area (Å²) < 4.78 is 17.6. The molecule has 4 nitrogen and oxygen atoms in total. The Hall–Kier alpha value is -4.28. The average molecular weight is 508 g/mol. The third kappa shape index (κ3) is 6.29. The largest absolute Gasteiger partial charge is 0.493 e. The van der Waals surface area contributed by atoms with E-state index in [1.165, 1.54) is 0 Å². The molecule has 0 radical (unpaired) electrons. The second-order valence-electron chi connectivity index (χ2n) is 8.50. The first-order valence-electron chi connectivity index (χ1n) is 12.0. The van der Waals surface area contributed by atoms with E-state index >= 15 is 0 Å². The molecule has 4 aromatic carbocycles. The van der Waals surface area contributed by atoms with Crippen LogP contribution in [0.1, 0.15) is 22.4 Å². The van der Waals surface area contributed by atoms with Gasteiger partial charge in [0.05, 0.1) is 12.8 Å². The highest BCUT2D eigenvalue weighted by molar-refractivity contribution is 6.30. The van der Waals surface area contributed by atoms with Crippen molar-refractivity contribution in [2.75, 3.05) is 7.11 Å². The Labute approximate surface area is 221 Å². The Bertz CT molecular complexity index is 1520. The Balaban J connectivity index is 1.31. The lowest BCUT2D eigenvalue weighted by molar-refractivity contribution is 0.284. The van der Waals surface area contributed by atoms with E-state index in [0.717, 1.165) is 39.0 Å². The van der Waals surface area contributed by atoms with Crippen molar-refractivity contribution in [3.05, 3.63) is 131 Å². The minimum atomic E-state index is 0.441. The molecule has 1 heterocycles. The minimum Gasteiger partial charge on any atom is -0.493 e. The second kappa shape index (κ2) is 11.6. The maximum absolute atomic E-state index is 6.10. The zero-order valence-electron chi connectivity index (χ0n) is 20.4. The molecule has 0 atom stereocenters. The number of hydrogen-bond donors (Lipinski definition) is 0. The number of halogens is 1. The van der Waals surface area contributed by atoms with Crippen LogP contribution in [0.2, 0.25) is 5.02 Å². The van der Waals surface area contributed by atoms with Crippen LogP contribution in [0.15, 0.2) is 103 Å². The van der Waals surface area contributed by atoms with E-state index in [1.54, 1.807) is 7.11 Å². The number of pyridine rings is 1. The third-order valence-corrected chi connectivity index (χ3v) is 6.14. The van der Waals surface area contributed by atoms with E-state index in [9.17, 15) is 0 Å². The summed E-state index contributed by atoms with van der Waals surface area (Å²) in [6.07, 6.45) is 3.99. The van der Waals surface area contributed by atoms with Crippen LogP contribution in [-0.2, 0) is 13.2 Å². The summed E-state index contributed by atoms with van der Waals surface area (Å²) in [5, 5.41) is 1.73. The van der Waals surface area contributed by atoms with Crippen molar-refractivity contribution in [1.29, 1.82) is 0 Å². The number of ether oxygens (including phenoxy) is 3. The van der Waals surface area contributed by atoms with Crippen LogP contribution in [0.3, 0.4) is 0 Å². The van der Waals surface area contributed by atoms with Crippen LogP contribution in [0.4, 0.5) is 0 Å². The molecular formula is C32H26ClNO3. The molecule has 0 N–H and O–H groups in total. The number of methoxy groups -OCH3 is 1. The van der Waals surface area contributed by atoms with Gasteiger partial charge in [0.2, 0.25) is 0 Å². The molecule has 0 unspecified atom stereocenters. The molecule has 0 bridgehead atoms. The van der Waals surface area contributed by atoms with Crippen LogP contribution < -0.4 is 14.2 Å². The molecule has 0 fully saturated rings. The van der Waals surface area contributed by atoms with E-state index in [4.69, 9.17) is 30.8 Å². The van der Waals surface area contributed by atoms with Crippen molar-refractivity contribution in [3.8, 4) is 17.2 Å². The standard InChI is InChI=1S/C32H26ClNO3/c1-35-31-20-23(13-19-29(31)36-21-24-6-3-2-4-7-24)12-17-28-18-14-26-8-5-9-30(32(26)34-28)37-22-25-10-15-27(33)16-11-25/h2-20H,21-22H2,1H3. The highest BCUT2D eigenvalue weighted by atomic mass is 35.5. The van der Waals surface area contributed by atoms with Gasteiger partial charge in [-0.1, -0.05) is 84.4 Å². The summed E-state index contributed by atoms with van der Waals surface area (Å²) in [5.41, 5.74) is 4.78. The molecule has 0 spiro atoms. The highest BCUT2D eigenvalue weighted by Crippen LogP contribution is 2.30. The van der Waals surface area contributed by atoms with Crippen molar-refractivity contribution >= 4 is 34.7 Å². The number of nitrogens with zero attached hydrogens (tertiary/aromatic N) is 1. The van der Waals surface area contributed by atoms with Crippen molar-refractivity contribution < 1.29 is 14.2 Å². The summed E-state index contributed by atoms with van der Waals surface area (Å²) in [6, 6.07) is 33.6. The van der Waals surface area contributed by atoms with Crippen molar-refractivity contribution in [1.82, 2.24) is 4.98 Å². The smallest absolute Gasteiger partial charge is 0.161 e. The molecule has 0 amide bonds. The van der Waals surface area contributed by atoms with E-state index in [2.05, 4.69) is 6.07 Å². The van der Waals surface area contributed by atoms with Gasteiger partial charge in [-0.2, -0.15) is 0 Å². The number of aromatic nitrogens is 1. The van der Waals surface area contributed by atoms with Crippen LogP contribution in [0.5, 0.6) is 17.2 Å². The lowest BCUT2D eigenvalue weighted by atomic mass is 10.1. The zero-order chi connectivity index (χ0) is 25.5. The molecule has 184 valence electrons. The molecule has 5 aromatic rings.